The van der Waals surface area contributed by atoms with Crippen LogP contribution in [0.25, 0.3) is 4.96 Å². The molecule has 8 nitrogen and oxygen atoms in total. The van der Waals surface area contributed by atoms with Gasteiger partial charge < -0.3 is 0 Å². The van der Waals surface area contributed by atoms with E-state index in [9.17, 15) is 18.8 Å². The fourth-order valence-corrected chi connectivity index (χ4v) is 4.02. The van der Waals surface area contributed by atoms with Gasteiger partial charge in [-0.3, -0.25) is 19.7 Å². The van der Waals surface area contributed by atoms with E-state index >= 15 is 0 Å². The summed E-state index contributed by atoms with van der Waals surface area (Å²) in [6, 6.07) is 9.28. The Kier molecular flexibility index (Phi) is 3.97. The van der Waals surface area contributed by atoms with Crippen molar-refractivity contribution in [2.45, 2.75) is 6.92 Å². The molecule has 0 atom stereocenters. The number of hydrogen-bond acceptors (Lipinski definition) is 6. The van der Waals surface area contributed by atoms with E-state index in [4.69, 9.17) is 0 Å². The van der Waals surface area contributed by atoms with Gasteiger partial charge in [-0.15, -0.1) is 16.4 Å². The van der Waals surface area contributed by atoms with Crippen molar-refractivity contribution in [1.29, 1.82) is 0 Å². The first-order chi connectivity index (χ1) is 14.4. The van der Waals surface area contributed by atoms with E-state index in [1.54, 1.807) is 4.52 Å². The topological polar surface area (TPSA) is 96.7 Å². The maximum absolute atomic E-state index is 13.2. The minimum absolute atomic E-state index is 0.103. The number of halogens is 1. The summed E-state index contributed by atoms with van der Waals surface area (Å²) in [5.41, 5.74) is 1.62. The van der Waals surface area contributed by atoms with Gasteiger partial charge in [0.15, 0.2) is 0 Å². The van der Waals surface area contributed by atoms with E-state index < -0.39 is 23.5 Å². The van der Waals surface area contributed by atoms with Crippen molar-refractivity contribution in [2.24, 2.45) is 0 Å². The van der Waals surface area contributed by atoms with Gasteiger partial charge in [-0.1, -0.05) is 0 Å². The fourth-order valence-electron chi connectivity index (χ4n) is 3.23. The number of aryl methyl sites for hydroxylation is 1. The third-order valence-corrected chi connectivity index (χ3v) is 5.64. The molecule has 3 heterocycles. The molecule has 148 valence electrons. The third-order valence-electron chi connectivity index (χ3n) is 4.71. The van der Waals surface area contributed by atoms with E-state index in [2.05, 4.69) is 15.4 Å². The second-order valence-corrected chi connectivity index (χ2v) is 7.48. The molecule has 0 bridgehead atoms. The van der Waals surface area contributed by atoms with Crippen LogP contribution in [0.15, 0.2) is 47.8 Å². The minimum Gasteiger partial charge on any atom is -0.289 e. The zero-order chi connectivity index (χ0) is 21.0. The van der Waals surface area contributed by atoms with Gasteiger partial charge in [-0.05, 0) is 49.4 Å². The van der Waals surface area contributed by atoms with Crippen LogP contribution in [-0.4, -0.2) is 32.3 Å². The van der Waals surface area contributed by atoms with Gasteiger partial charge in [0.1, 0.15) is 5.82 Å². The van der Waals surface area contributed by atoms with E-state index in [1.165, 1.54) is 53.8 Å². The monoisotopic (exact) mass is 421 g/mol. The van der Waals surface area contributed by atoms with Crippen molar-refractivity contribution in [3.63, 3.8) is 0 Å². The van der Waals surface area contributed by atoms with Gasteiger partial charge in [-0.25, -0.2) is 13.8 Å². The molecular formula is C20H12FN5O3S. The lowest BCUT2D eigenvalue weighted by Crippen LogP contribution is -2.29. The van der Waals surface area contributed by atoms with E-state index in [-0.39, 0.29) is 28.3 Å². The molecule has 0 fully saturated rings. The molecule has 0 saturated carbocycles. The predicted octanol–water partition coefficient (Wildman–Crippen LogP) is 3.29. The Morgan fingerprint density at radius 1 is 1.07 bits per heavy atom. The number of rotatable bonds is 3. The fraction of sp³-hybridized carbons (Fsp3) is 0.0500. The molecule has 30 heavy (non-hydrogen) atoms. The standard InChI is InChI=1S/C20H12FN5O3S/c1-10-9-30-20-23-19(24-26(10)20)22-16(27)11-2-7-14-15(8-11)18(29)25(17(14)28)13-5-3-12(21)4-6-13/h2-9H,1H3,(H,22,24,27). The van der Waals surface area contributed by atoms with Gasteiger partial charge in [0.2, 0.25) is 4.96 Å². The average Bonchev–Trinajstić information content (AvgIpc) is 3.36. The van der Waals surface area contributed by atoms with Gasteiger partial charge in [0.25, 0.3) is 23.7 Å². The van der Waals surface area contributed by atoms with E-state index in [0.29, 0.717) is 4.96 Å². The first-order valence-electron chi connectivity index (χ1n) is 8.83. The third kappa shape index (κ3) is 2.77. The minimum atomic E-state index is -0.576. The van der Waals surface area contributed by atoms with Crippen LogP contribution in [0.3, 0.4) is 0 Å². The number of nitrogens with one attached hydrogen (secondary N) is 1. The SMILES string of the molecule is Cc1csc2nc(NC(=O)c3ccc4c(c3)C(=O)N(c3ccc(F)cc3)C4=O)nn12. The highest BCUT2D eigenvalue weighted by molar-refractivity contribution is 7.15. The normalized spacial score (nSPS) is 13.2. The number of thiazole rings is 1. The summed E-state index contributed by atoms with van der Waals surface area (Å²) in [7, 11) is 0. The summed E-state index contributed by atoms with van der Waals surface area (Å²) in [5.74, 6) is -1.94. The van der Waals surface area contributed by atoms with Crippen LogP contribution in [-0.2, 0) is 0 Å². The molecule has 10 heteroatoms. The number of amides is 3. The Hall–Kier alpha value is -3.92. The smallest absolute Gasteiger partial charge is 0.266 e. The zero-order valence-electron chi connectivity index (χ0n) is 15.4. The van der Waals surface area contributed by atoms with Crippen LogP contribution in [0.1, 0.15) is 36.8 Å². The van der Waals surface area contributed by atoms with Gasteiger partial charge >= 0.3 is 0 Å². The molecule has 1 aliphatic heterocycles. The summed E-state index contributed by atoms with van der Waals surface area (Å²) < 4.78 is 14.8. The largest absolute Gasteiger partial charge is 0.289 e. The molecule has 4 aromatic rings. The molecule has 2 aromatic heterocycles. The Labute approximate surface area is 172 Å². The van der Waals surface area contributed by atoms with E-state index in [1.807, 2.05) is 12.3 Å². The van der Waals surface area contributed by atoms with Gasteiger partial charge in [0, 0.05) is 10.9 Å². The highest BCUT2D eigenvalue weighted by Crippen LogP contribution is 2.29. The number of nitrogens with zero attached hydrogens (tertiary/aromatic N) is 4. The number of carbonyl (C=O) groups is 3. The lowest BCUT2D eigenvalue weighted by molar-refractivity contribution is 0.0925. The lowest BCUT2D eigenvalue weighted by Gasteiger charge is -2.13. The number of fused-ring (bicyclic) bond motifs is 2. The van der Waals surface area contributed by atoms with Crippen LogP contribution < -0.4 is 10.2 Å². The Balaban J connectivity index is 1.43. The quantitative estimate of drug-likeness (QED) is 0.512. The number of anilines is 2. The molecule has 3 amide bonds. The Morgan fingerprint density at radius 2 is 1.80 bits per heavy atom. The molecular weight excluding hydrogens is 409 g/mol. The first-order valence-corrected chi connectivity index (χ1v) is 9.71. The Morgan fingerprint density at radius 3 is 2.53 bits per heavy atom. The Bertz CT molecular complexity index is 1360. The van der Waals surface area contributed by atoms with Crippen molar-refractivity contribution in [1.82, 2.24) is 14.6 Å². The van der Waals surface area contributed by atoms with Crippen molar-refractivity contribution in [2.75, 3.05) is 10.2 Å². The highest BCUT2D eigenvalue weighted by atomic mass is 32.1. The van der Waals surface area contributed by atoms with Crippen molar-refractivity contribution in [3.05, 3.63) is 76.0 Å². The number of hydrogen-bond donors (Lipinski definition) is 1. The molecule has 1 N–H and O–H groups in total. The van der Waals surface area contributed by atoms with Crippen LogP contribution in [0.4, 0.5) is 16.0 Å². The maximum atomic E-state index is 13.2. The van der Waals surface area contributed by atoms with Gasteiger partial charge in [-0.2, -0.15) is 4.98 Å². The van der Waals surface area contributed by atoms with E-state index in [0.717, 1.165) is 10.6 Å². The second kappa shape index (κ2) is 6.56. The number of aromatic nitrogens is 3. The molecule has 0 aliphatic carbocycles. The predicted molar refractivity (Wildman–Crippen MR) is 108 cm³/mol. The number of imide groups is 1. The van der Waals surface area contributed by atoms with Crippen LogP contribution in [0.2, 0.25) is 0 Å². The molecule has 0 radical (unpaired) electrons. The summed E-state index contributed by atoms with van der Waals surface area (Å²) in [6.45, 7) is 1.87. The summed E-state index contributed by atoms with van der Waals surface area (Å²) in [6.07, 6.45) is 0. The van der Waals surface area contributed by atoms with Crippen LogP contribution in [0.5, 0.6) is 0 Å². The lowest BCUT2D eigenvalue weighted by atomic mass is 10.1. The molecule has 2 aromatic carbocycles. The van der Waals surface area contributed by atoms with Crippen molar-refractivity contribution >= 4 is 45.7 Å². The molecule has 0 saturated heterocycles. The molecule has 0 unspecified atom stereocenters. The van der Waals surface area contributed by atoms with Crippen LogP contribution in [0, 0.1) is 12.7 Å². The van der Waals surface area contributed by atoms with Crippen molar-refractivity contribution < 1.29 is 18.8 Å². The zero-order valence-corrected chi connectivity index (χ0v) is 16.2. The van der Waals surface area contributed by atoms with Crippen molar-refractivity contribution in [3.8, 4) is 0 Å². The molecule has 1 aliphatic rings. The number of carbonyl (C=O) groups excluding carboxylic acids is 3. The summed E-state index contributed by atoms with van der Waals surface area (Å²) >= 11 is 1.40. The first kappa shape index (κ1) is 18.1. The average molecular weight is 421 g/mol. The highest BCUT2D eigenvalue weighted by Gasteiger charge is 2.37. The van der Waals surface area contributed by atoms with Crippen LogP contribution >= 0.6 is 11.3 Å². The van der Waals surface area contributed by atoms with Gasteiger partial charge in [0.05, 0.1) is 22.5 Å². The molecule has 0 spiro atoms. The molecule has 5 rings (SSSR count). The second-order valence-electron chi connectivity index (χ2n) is 6.64. The summed E-state index contributed by atoms with van der Waals surface area (Å²) in [4.78, 5) is 43.9. The number of benzene rings is 2. The summed E-state index contributed by atoms with van der Waals surface area (Å²) in [5, 5.41) is 8.72. The maximum Gasteiger partial charge on any atom is 0.266 e.